The number of terminal acetylenes is 1. The van der Waals surface area contributed by atoms with Gasteiger partial charge in [-0.15, -0.1) is 6.42 Å². The topological polar surface area (TPSA) is 37.1 Å². The van der Waals surface area contributed by atoms with Crippen LogP contribution >= 0.6 is 0 Å². The van der Waals surface area contributed by atoms with Crippen LogP contribution in [0.15, 0.2) is 29.2 Å². The average Bonchev–Trinajstić information content (AvgIpc) is 2.93. The van der Waals surface area contributed by atoms with Crippen LogP contribution < -0.4 is 0 Å². The SMILES string of the molecule is C#CC1(C)CN1S(=O)(=O)c1ccc(C)cc1. The summed E-state index contributed by atoms with van der Waals surface area (Å²) in [5, 5.41) is 0. The van der Waals surface area contributed by atoms with Gasteiger partial charge in [0.1, 0.15) is 5.54 Å². The van der Waals surface area contributed by atoms with Crippen LogP contribution in [0, 0.1) is 19.3 Å². The van der Waals surface area contributed by atoms with Gasteiger partial charge in [0.25, 0.3) is 0 Å². The lowest BCUT2D eigenvalue weighted by Gasteiger charge is -2.08. The van der Waals surface area contributed by atoms with Gasteiger partial charge in [-0.25, -0.2) is 8.42 Å². The number of sulfonamides is 1. The standard InChI is InChI=1S/C12H13NO2S/c1-4-12(3)9-13(12)16(14,15)11-7-5-10(2)6-8-11/h1,5-8H,9H2,2-3H3. The molecule has 0 aliphatic carbocycles. The molecule has 1 saturated heterocycles. The number of benzene rings is 1. The molecule has 0 radical (unpaired) electrons. The van der Waals surface area contributed by atoms with E-state index in [0.717, 1.165) is 5.56 Å². The fourth-order valence-electron chi connectivity index (χ4n) is 1.55. The third-order valence-corrected chi connectivity index (χ3v) is 4.80. The normalized spacial score (nSPS) is 28.4. The maximum absolute atomic E-state index is 12.1. The Morgan fingerprint density at radius 3 is 2.38 bits per heavy atom. The summed E-state index contributed by atoms with van der Waals surface area (Å²) < 4.78 is 25.6. The highest BCUT2D eigenvalue weighted by Crippen LogP contribution is 2.37. The summed E-state index contributed by atoms with van der Waals surface area (Å²) in [6.45, 7) is 4.07. The number of nitrogens with zero attached hydrogens (tertiary/aromatic N) is 1. The molecule has 1 aliphatic rings. The number of rotatable bonds is 2. The molecule has 0 bridgehead atoms. The zero-order valence-electron chi connectivity index (χ0n) is 9.27. The van der Waals surface area contributed by atoms with Crippen molar-refractivity contribution in [2.45, 2.75) is 24.3 Å². The third kappa shape index (κ3) is 1.62. The van der Waals surface area contributed by atoms with Crippen molar-refractivity contribution >= 4 is 10.0 Å². The van der Waals surface area contributed by atoms with Crippen molar-refractivity contribution in [1.29, 1.82) is 0 Å². The summed E-state index contributed by atoms with van der Waals surface area (Å²) in [7, 11) is -3.41. The average molecular weight is 235 g/mol. The minimum atomic E-state index is -3.41. The van der Waals surface area contributed by atoms with Gasteiger partial charge in [-0.3, -0.25) is 0 Å². The van der Waals surface area contributed by atoms with E-state index in [1.54, 1.807) is 31.2 Å². The maximum Gasteiger partial charge on any atom is 0.244 e. The molecular weight excluding hydrogens is 222 g/mol. The van der Waals surface area contributed by atoms with Gasteiger partial charge in [0, 0.05) is 6.54 Å². The number of hydrogen-bond donors (Lipinski definition) is 0. The minimum absolute atomic E-state index is 0.303. The van der Waals surface area contributed by atoms with Crippen LogP contribution in [0.4, 0.5) is 0 Å². The summed E-state index contributed by atoms with van der Waals surface area (Å²) in [6, 6.07) is 6.78. The Labute approximate surface area is 96.1 Å². The first-order valence-corrected chi connectivity index (χ1v) is 6.41. The summed E-state index contributed by atoms with van der Waals surface area (Å²) in [5.41, 5.74) is 0.397. The molecule has 84 valence electrons. The predicted octanol–water partition coefficient (Wildman–Crippen LogP) is 1.39. The van der Waals surface area contributed by atoms with E-state index in [1.807, 2.05) is 6.92 Å². The Kier molecular flexibility index (Phi) is 2.33. The van der Waals surface area contributed by atoms with Gasteiger partial charge in [0.2, 0.25) is 10.0 Å². The Morgan fingerprint density at radius 2 is 1.94 bits per heavy atom. The largest absolute Gasteiger partial charge is 0.244 e. The lowest BCUT2D eigenvalue weighted by molar-refractivity contribution is 0.545. The van der Waals surface area contributed by atoms with E-state index in [4.69, 9.17) is 6.42 Å². The molecule has 16 heavy (non-hydrogen) atoms. The highest BCUT2D eigenvalue weighted by molar-refractivity contribution is 7.89. The molecule has 2 rings (SSSR count). The molecule has 2 atom stereocenters. The van der Waals surface area contributed by atoms with E-state index in [0.29, 0.717) is 11.4 Å². The van der Waals surface area contributed by atoms with E-state index >= 15 is 0 Å². The van der Waals surface area contributed by atoms with Crippen molar-refractivity contribution < 1.29 is 8.42 Å². The lowest BCUT2D eigenvalue weighted by Crippen LogP contribution is -2.19. The zero-order valence-corrected chi connectivity index (χ0v) is 10.1. The van der Waals surface area contributed by atoms with Crippen molar-refractivity contribution in [3.63, 3.8) is 0 Å². The second kappa shape index (κ2) is 3.34. The lowest BCUT2D eigenvalue weighted by atomic mass is 10.2. The maximum atomic E-state index is 12.1. The van der Waals surface area contributed by atoms with Crippen LogP contribution in [0.2, 0.25) is 0 Å². The summed E-state index contributed by atoms with van der Waals surface area (Å²) in [6.07, 6.45) is 5.30. The Balaban J connectivity index is 2.36. The fraction of sp³-hybridized carbons (Fsp3) is 0.333. The molecule has 0 N–H and O–H groups in total. The quantitative estimate of drug-likeness (QED) is 0.574. The molecule has 1 heterocycles. The summed E-state index contributed by atoms with van der Waals surface area (Å²) in [5.74, 6) is 2.50. The van der Waals surface area contributed by atoms with Gasteiger partial charge >= 0.3 is 0 Å². The molecule has 1 fully saturated rings. The molecule has 2 unspecified atom stereocenters. The molecule has 4 heteroatoms. The first-order valence-electron chi connectivity index (χ1n) is 4.97. The van der Waals surface area contributed by atoms with Gasteiger partial charge in [0.05, 0.1) is 4.90 Å². The Hall–Kier alpha value is -1.31. The fourth-order valence-corrected chi connectivity index (χ4v) is 3.29. The van der Waals surface area contributed by atoms with E-state index in [1.165, 1.54) is 4.31 Å². The molecule has 1 aromatic carbocycles. The molecule has 0 saturated carbocycles. The third-order valence-electron chi connectivity index (χ3n) is 2.82. The van der Waals surface area contributed by atoms with Gasteiger partial charge in [-0.05, 0) is 26.0 Å². The second-order valence-corrected chi connectivity index (χ2v) is 6.11. The molecule has 0 aromatic heterocycles. The molecule has 1 aromatic rings. The zero-order chi connectivity index (χ0) is 12.0. The van der Waals surface area contributed by atoms with Crippen LogP contribution in [0.5, 0.6) is 0 Å². The first-order chi connectivity index (χ1) is 7.40. The van der Waals surface area contributed by atoms with Crippen molar-refractivity contribution in [2.24, 2.45) is 0 Å². The van der Waals surface area contributed by atoms with Crippen molar-refractivity contribution in [1.82, 2.24) is 4.31 Å². The number of aryl methyl sites for hydroxylation is 1. The molecular formula is C12H13NO2S. The smallest absolute Gasteiger partial charge is 0.207 e. The minimum Gasteiger partial charge on any atom is -0.207 e. The van der Waals surface area contributed by atoms with Gasteiger partial charge in [-0.1, -0.05) is 23.6 Å². The summed E-state index contributed by atoms with van der Waals surface area (Å²) >= 11 is 0. The molecule has 0 spiro atoms. The Bertz CT molecular complexity index is 554. The highest BCUT2D eigenvalue weighted by atomic mass is 32.2. The first kappa shape index (κ1) is 11.2. The van der Waals surface area contributed by atoms with Crippen LogP contribution in [-0.2, 0) is 10.0 Å². The van der Waals surface area contributed by atoms with Crippen LogP contribution in [-0.4, -0.2) is 24.8 Å². The van der Waals surface area contributed by atoms with Gasteiger partial charge in [-0.2, -0.15) is 4.31 Å². The highest BCUT2D eigenvalue weighted by Gasteiger charge is 2.54. The predicted molar refractivity (Wildman–Crippen MR) is 62.3 cm³/mol. The van der Waals surface area contributed by atoms with Gasteiger partial charge < -0.3 is 0 Å². The van der Waals surface area contributed by atoms with E-state index < -0.39 is 15.6 Å². The molecule has 1 aliphatic heterocycles. The molecule has 0 amide bonds. The monoisotopic (exact) mass is 235 g/mol. The Morgan fingerprint density at radius 1 is 1.38 bits per heavy atom. The second-order valence-electron chi connectivity index (χ2n) is 4.24. The van der Waals surface area contributed by atoms with Crippen LogP contribution in [0.25, 0.3) is 0 Å². The van der Waals surface area contributed by atoms with E-state index in [9.17, 15) is 8.42 Å². The van der Waals surface area contributed by atoms with Crippen LogP contribution in [0.1, 0.15) is 12.5 Å². The molecule has 3 nitrogen and oxygen atoms in total. The van der Waals surface area contributed by atoms with Crippen molar-refractivity contribution in [3.05, 3.63) is 29.8 Å². The van der Waals surface area contributed by atoms with Crippen molar-refractivity contribution in [2.75, 3.05) is 6.54 Å². The van der Waals surface area contributed by atoms with Crippen molar-refractivity contribution in [3.8, 4) is 12.3 Å². The van der Waals surface area contributed by atoms with Crippen LogP contribution in [0.3, 0.4) is 0 Å². The summed E-state index contributed by atoms with van der Waals surface area (Å²) in [4.78, 5) is 0.303. The van der Waals surface area contributed by atoms with E-state index in [-0.39, 0.29) is 0 Å². The van der Waals surface area contributed by atoms with E-state index in [2.05, 4.69) is 5.92 Å². The van der Waals surface area contributed by atoms with Gasteiger partial charge in [0.15, 0.2) is 0 Å². The number of hydrogen-bond acceptors (Lipinski definition) is 2.